The Morgan fingerprint density at radius 3 is 2.93 bits per heavy atom. The van der Waals surface area contributed by atoms with E-state index in [0.717, 1.165) is 6.42 Å². The molecular formula is C10H13N3OS. The number of nitrogens with two attached hydrogens (primary N) is 1. The van der Waals surface area contributed by atoms with Crippen LogP contribution >= 0.6 is 12.2 Å². The van der Waals surface area contributed by atoms with Crippen molar-refractivity contribution in [2.75, 3.05) is 6.54 Å². The van der Waals surface area contributed by atoms with E-state index < -0.39 is 0 Å². The number of pyridine rings is 1. The lowest BCUT2D eigenvalue weighted by Gasteiger charge is -2.03. The first-order valence-corrected chi connectivity index (χ1v) is 5.08. The SMILES string of the molecule is NC(=S)CCCNC(=O)c1ccccn1. The summed E-state index contributed by atoms with van der Waals surface area (Å²) in [6.07, 6.45) is 3.00. The molecule has 0 fully saturated rings. The van der Waals surface area contributed by atoms with Gasteiger partial charge in [-0.05, 0) is 25.0 Å². The molecule has 0 bridgehead atoms. The average molecular weight is 223 g/mol. The predicted octanol–water partition coefficient (Wildman–Crippen LogP) is 0.878. The van der Waals surface area contributed by atoms with Gasteiger partial charge in [0.05, 0.1) is 4.99 Å². The number of hydrogen-bond donors (Lipinski definition) is 2. The number of rotatable bonds is 5. The number of nitrogens with zero attached hydrogens (tertiary/aromatic N) is 1. The van der Waals surface area contributed by atoms with Crippen LogP contribution in [0.15, 0.2) is 24.4 Å². The van der Waals surface area contributed by atoms with Gasteiger partial charge in [-0.15, -0.1) is 0 Å². The summed E-state index contributed by atoms with van der Waals surface area (Å²) in [7, 11) is 0. The molecule has 0 saturated heterocycles. The second-order valence-electron chi connectivity index (χ2n) is 3.04. The third kappa shape index (κ3) is 4.51. The molecule has 0 aliphatic carbocycles. The fraction of sp³-hybridized carbons (Fsp3) is 0.300. The number of thiocarbonyl (C=S) groups is 1. The van der Waals surface area contributed by atoms with E-state index in [1.54, 1.807) is 24.4 Å². The summed E-state index contributed by atoms with van der Waals surface area (Å²) in [5.41, 5.74) is 5.75. The number of nitrogens with one attached hydrogen (secondary N) is 1. The van der Waals surface area contributed by atoms with Gasteiger partial charge in [0, 0.05) is 12.7 Å². The van der Waals surface area contributed by atoms with E-state index in [0.29, 0.717) is 23.6 Å². The zero-order chi connectivity index (χ0) is 11.1. The normalized spacial score (nSPS) is 9.60. The van der Waals surface area contributed by atoms with E-state index in [1.165, 1.54) is 0 Å². The van der Waals surface area contributed by atoms with Crippen molar-refractivity contribution in [1.82, 2.24) is 10.3 Å². The minimum atomic E-state index is -0.168. The Labute approximate surface area is 93.9 Å². The Morgan fingerprint density at radius 1 is 1.53 bits per heavy atom. The summed E-state index contributed by atoms with van der Waals surface area (Å²) in [5.74, 6) is -0.168. The molecule has 15 heavy (non-hydrogen) atoms. The van der Waals surface area contributed by atoms with E-state index >= 15 is 0 Å². The molecule has 0 radical (unpaired) electrons. The number of carbonyl (C=O) groups is 1. The number of hydrogen-bond acceptors (Lipinski definition) is 3. The average Bonchev–Trinajstić information content (AvgIpc) is 2.25. The third-order valence-corrected chi connectivity index (χ3v) is 1.99. The van der Waals surface area contributed by atoms with Gasteiger partial charge >= 0.3 is 0 Å². The zero-order valence-corrected chi connectivity index (χ0v) is 9.09. The Kier molecular flexibility index (Phi) is 4.70. The smallest absolute Gasteiger partial charge is 0.269 e. The molecular weight excluding hydrogens is 210 g/mol. The van der Waals surface area contributed by atoms with Gasteiger partial charge in [-0.2, -0.15) is 0 Å². The largest absolute Gasteiger partial charge is 0.393 e. The van der Waals surface area contributed by atoms with E-state index in [9.17, 15) is 4.79 Å². The molecule has 1 rings (SSSR count). The van der Waals surface area contributed by atoms with Crippen molar-refractivity contribution in [3.8, 4) is 0 Å². The number of carbonyl (C=O) groups excluding carboxylic acids is 1. The molecule has 1 heterocycles. The molecule has 0 aromatic carbocycles. The highest BCUT2D eigenvalue weighted by Crippen LogP contribution is 1.93. The molecule has 0 aliphatic rings. The first kappa shape index (κ1) is 11.6. The van der Waals surface area contributed by atoms with Gasteiger partial charge in [0.15, 0.2) is 0 Å². The zero-order valence-electron chi connectivity index (χ0n) is 8.27. The maximum Gasteiger partial charge on any atom is 0.269 e. The van der Waals surface area contributed by atoms with Crippen LogP contribution in [-0.2, 0) is 0 Å². The van der Waals surface area contributed by atoms with Gasteiger partial charge in [-0.25, -0.2) is 0 Å². The van der Waals surface area contributed by atoms with Gasteiger partial charge in [0.25, 0.3) is 5.91 Å². The maximum absolute atomic E-state index is 11.5. The first-order valence-electron chi connectivity index (χ1n) is 4.67. The molecule has 1 aromatic heterocycles. The van der Waals surface area contributed by atoms with Crippen molar-refractivity contribution in [3.05, 3.63) is 30.1 Å². The summed E-state index contributed by atoms with van der Waals surface area (Å²) in [4.78, 5) is 15.9. The second-order valence-corrected chi connectivity index (χ2v) is 3.57. The van der Waals surface area contributed by atoms with Gasteiger partial charge in [0.1, 0.15) is 5.69 Å². The highest BCUT2D eigenvalue weighted by molar-refractivity contribution is 7.80. The van der Waals surface area contributed by atoms with Gasteiger partial charge in [-0.1, -0.05) is 18.3 Å². The fourth-order valence-electron chi connectivity index (χ4n) is 1.05. The van der Waals surface area contributed by atoms with E-state index in [-0.39, 0.29) is 5.91 Å². The van der Waals surface area contributed by atoms with Crippen molar-refractivity contribution >= 4 is 23.1 Å². The lowest BCUT2D eigenvalue weighted by Crippen LogP contribution is -2.26. The van der Waals surface area contributed by atoms with Crippen LogP contribution in [0.25, 0.3) is 0 Å². The molecule has 0 atom stereocenters. The van der Waals surface area contributed by atoms with Gasteiger partial charge < -0.3 is 11.1 Å². The molecule has 3 N–H and O–H groups in total. The van der Waals surface area contributed by atoms with Crippen LogP contribution in [0.3, 0.4) is 0 Å². The molecule has 5 heteroatoms. The second kappa shape index (κ2) is 6.08. The highest BCUT2D eigenvalue weighted by atomic mass is 32.1. The molecule has 0 aliphatic heterocycles. The topological polar surface area (TPSA) is 68.0 Å². The minimum absolute atomic E-state index is 0.168. The summed E-state index contributed by atoms with van der Waals surface area (Å²) >= 11 is 4.72. The van der Waals surface area contributed by atoms with E-state index in [1.807, 2.05) is 0 Å². The van der Waals surface area contributed by atoms with Crippen LogP contribution in [-0.4, -0.2) is 22.4 Å². The standard InChI is InChI=1S/C10H13N3OS/c11-9(15)5-3-7-13-10(14)8-4-1-2-6-12-8/h1-2,4,6H,3,5,7H2,(H2,11,15)(H,13,14). The fourth-order valence-corrected chi connectivity index (χ4v) is 1.20. The van der Waals surface area contributed by atoms with Crippen molar-refractivity contribution in [2.24, 2.45) is 5.73 Å². The first-order chi connectivity index (χ1) is 7.20. The van der Waals surface area contributed by atoms with Crippen LogP contribution in [0.5, 0.6) is 0 Å². The van der Waals surface area contributed by atoms with Gasteiger partial charge in [-0.3, -0.25) is 9.78 Å². The molecule has 80 valence electrons. The van der Waals surface area contributed by atoms with Crippen LogP contribution < -0.4 is 11.1 Å². The molecule has 0 spiro atoms. The monoisotopic (exact) mass is 223 g/mol. The lowest BCUT2D eigenvalue weighted by molar-refractivity contribution is 0.0948. The molecule has 0 unspecified atom stereocenters. The summed E-state index contributed by atoms with van der Waals surface area (Å²) < 4.78 is 0. The van der Waals surface area contributed by atoms with Crippen molar-refractivity contribution in [3.63, 3.8) is 0 Å². The van der Waals surface area contributed by atoms with Crippen LogP contribution in [0, 0.1) is 0 Å². The third-order valence-electron chi connectivity index (χ3n) is 1.78. The Bertz CT molecular complexity index is 340. The molecule has 0 saturated carbocycles. The highest BCUT2D eigenvalue weighted by Gasteiger charge is 2.04. The van der Waals surface area contributed by atoms with Crippen molar-refractivity contribution in [1.29, 1.82) is 0 Å². The Hall–Kier alpha value is -1.49. The Morgan fingerprint density at radius 2 is 2.33 bits per heavy atom. The Balaban J connectivity index is 2.28. The maximum atomic E-state index is 11.5. The lowest BCUT2D eigenvalue weighted by atomic mass is 10.3. The number of amides is 1. The number of aromatic nitrogens is 1. The summed E-state index contributed by atoms with van der Waals surface area (Å²) in [6.45, 7) is 0.562. The summed E-state index contributed by atoms with van der Waals surface area (Å²) in [6, 6.07) is 5.21. The minimum Gasteiger partial charge on any atom is -0.393 e. The quantitative estimate of drug-likeness (QED) is 0.574. The molecule has 1 aromatic rings. The molecule has 1 amide bonds. The van der Waals surface area contributed by atoms with Crippen molar-refractivity contribution < 1.29 is 4.79 Å². The predicted molar refractivity (Wildman–Crippen MR) is 62.6 cm³/mol. The summed E-state index contributed by atoms with van der Waals surface area (Å²) in [5, 5.41) is 2.74. The van der Waals surface area contributed by atoms with Crippen LogP contribution in [0.4, 0.5) is 0 Å². The van der Waals surface area contributed by atoms with E-state index in [4.69, 9.17) is 18.0 Å². The molecule has 4 nitrogen and oxygen atoms in total. The van der Waals surface area contributed by atoms with Crippen LogP contribution in [0.2, 0.25) is 0 Å². The van der Waals surface area contributed by atoms with Crippen molar-refractivity contribution in [2.45, 2.75) is 12.8 Å². The van der Waals surface area contributed by atoms with Gasteiger partial charge in [0.2, 0.25) is 0 Å². The van der Waals surface area contributed by atoms with Crippen LogP contribution in [0.1, 0.15) is 23.3 Å². The van der Waals surface area contributed by atoms with E-state index in [2.05, 4.69) is 10.3 Å².